The van der Waals surface area contributed by atoms with Gasteiger partial charge in [0.15, 0.2) is 0 Å². The van der Waals surface area contributed by atoms with Crippen LogP contribution in [0.25, 0.3) is 0 Å². The number of aliphatic carboxylic acids is 1. The fourth-order valence-corrected chi connectivity index (χ4v) is 0.751. The smallest absolute Gasteiger partial charge is 0.331 e. The Kier molecular flexibility index (Phi) is 7.13. The number of ether oxygens (including phenoxy) is 1. The first-order chi connectivity index (χ1) is 6.66. The standard InChI is InChI=1S/C10H14O4/c1-2-3-4-5-8-14-10(13)7-6-9(11)12/h2,6-7H,1,3-5,8H2,(H,11,12)/b7-6-. The fraction of sp³-hybridized carbons (Fsp3) is 0.400. The molecule has 0 saturated carbocycles. The summed E-state index contributed by atoms with van der Waals surface area (Å²) in [6.45, 7) is 3.87. The van der Waals surface area contributed by atoms with Crippen LogP contribution in [0.4, 0.5) is 0 Å². The average molecular weight is 198 g/mol. The normalized spacial score (nSPS) is 10.0. The molecule has 0 aliphatic heterocycles. The third kappa shape index (κ3) is 8.52. The van der Waals surface area contributed by atoms with Crippen LogP contribution in [-0.4, -0.2) is 23.7 Å². The van der Waals surface area contributed by atoms with Crippen LogP contribution in [0.15, 0.2) is 24.8 Å². The largest absolute Gasteiger partial charge is 0.478 e. The monoisotopic (exact) mass is 198 g/mol. The SMILES string of the molecule is C=CCCCCOC(=O)/C=C\C(=O)O. The molecule has 0 saturated heterocycles. The molecule has 0 amide bonds. The first kappa shape index (κ1) is 12.4. The molecular formula is C10H14O4. The van der Waals surface area contributed by atoms with Crippen molar-refractivity contribution in [1.82, 2.24) is 0 Å². The zero-order valence-corrected chi connectivity index (χ0v) is 7.94. The molecule has 1 N–H and O–H groups in total. The number of unbranched alkanes of at least 4 members (excludes halogenated alkanes) is 2. The van der Waals surface area contributed by atoms with Crippen molar-refractivity contribution in [2.75, 3.05) is 6.61 Å². The zero-order chi connectivity index (χ0) is 10.8. The van der Waals surface area contributed by atoms with Gasteiger partial charge >= 0.3 is 11.9 Å². The maximum absolute atomic E-state index is 10.8. The summed E-state index contributed by atoms with van der Waals surface area (Å²) >= 11 is 0. The van der Waals surface area contributed by atoms with E-state index in [1.807, 2.05) is 0 Å². The molecule has 0 spiro atoms. The molecular weight excluding hydrogens is 184 g/mol. The van der Waals surface area contributed by atoms with Crippen LogP contribution in [-0.2, 0) is 14.3 Å². The minimum atomic E-state index is -1.16. The lowest BCUT2D eigenvalue weighted by Crippen LogP contribution is -2.03. The van der Waals surface area contributed by atoms with Crippen molar-refractivity contribution in [3.05, 3.63) is 24.8 Å². The predicted molar refractivity (Wildman–Crippen MR) is 51.8 cm³/mol. The molecule has 0 aromatic heterocycles. The van der Waals surface area contributed by atoms with Crippen molar-refractivity contribution in [1.29, 1.82) is 0 Å². The highest BCUT2D eigenvalue weighted by molar-refractivity contribution is 5.90. The Labute approximate surface area is 82.9 Å². The van der Waals surface area contributed by atoms with Crippen molar-refractivity contribution in [2.45, 2.75) is 19.3 Å². The summed E-state index contributed by atoms with van der Waals surface area (Å²) in [4.78, 5) is 20.8. The maximum atomic E-state index is 10.8. The summed E-state index contributed by atoms with van der Waals surface area (Å²) in [5.74, 6) is -1.78. The predicted octanol–water partition coefficient (Wildman–Crippen LogP) is 1.53. The minimum absolute atomic E-state index is 0.316. The molecule has 14 heavy (non-hydrogen) atoms. The van der Waals surface area contributed by atoms with Gasteiger partial charge in [0, 0.05) is 12.2 Å². The van der Waals surface area contributed by atoms with Gasteiger partial charge in [0.25, 0.3) is 0 Å². The Morgan fingerprint density at radius 3 is 2.57 bits per heavy atom. The van der Waals surface area contributed by atoms with E-state index in [4.69, 9.17) is 9.84 Å². The molecule has 0 aliphatic carbocycles. The highest BCUT2D eigenvalue weighted by Crippen LogP contribution is 1.96. The van der Waals surface area contributed by atoms with E-state index in [0.717, 1.165) is 31.4 Å². The molecule has 0 heterocycles. The average Bonchev–Trinajstić information content (AvgIpc) is 2.14. The van der Waals surface area contributed by atoms with Crippen LogP contribution in [0.2, 0.25) is 0 Å². The number of hydrogen-bond donors (Lipinski definition) is 1. The number of carboxylic acid groups (broad SMARTS) is 1. The molecule has 0 aromatic carbocycles. The van der Waals surface area contributed by atoms with Crippen molar-refractivity contribution < 1.29 is 19.4 Å². The Hall–Kier alpha value is -1.58. The second-order valence-corrected chi connectivity index (χ2v) is 2.62. The van der Waals surface area contributed by atoms with Gasteiger partial charge in [-0.3, -0.25) is 0 Å². The lowest BCUT2D eigenvalue weighted by Gasteiger charge is -1.99. The van der Waals surface area contributed by atoms with Gasteiger partial charge in [-0.2, -0.15) is 0 Å². The van der Waals surface area contributed by atoms with E-state index >= 15 is 0 Å². The van der Waals surface area contributed by atoms with Crippen molar-refractivity contribution >= 4 is 11.9 Å². The van der Waals surface area contributed by atoms with Crippen LogP contribution in [0.5, 0.6) is 0 Å². The van der Waals surface area contributed by atoms with Gasteiger partial charge in [-0.1, -0.05) is 6.08 Å². The molecule has 0 bridgehead atoms. The molecule has 0 atom stereocenters. The molecule has 4 heteroatoms. The quantitative estimate of drug-likeness (QED) is 0.291. The minimum Gasteiger partial charge on any atom is -0.478 e. The highest BCUT2D eigenvalue weighted by atomic mass is 16.5. The first-order valence-corrected chi connectivity index (χ1v) is 4.35. The lowest BCUT2D eigenvalue weighted by molar-refractivity contribution is -0.138. The molecule has 0 aliphatic rings. The number of carboxylic acids is 1. The van der Waals surface area contributed by atoms with E-state index in [1.165, 1.54) is 0 Å². The number of carbonyl (C=O) groups is 2. The summed E-state index contributed by atoms with van der Waals surface area (Å²) < 4.78 is 4.72. The van der Waals surface area contributed by atoms with Gasteiger partial charge in [0.2, 0.25) is 0 Å². The second kappa shape index (κ2) is 8.04. The van der Waals surface area contributed by atoms with Gasteiger partial charge in [-0.25, -0.2) is 9.59 Å². The van der Waals surface area contributed by atoms with Crippen LogP contribution in [0, 0.1) is 0 Å². The number of hydrogen-bond acceptors (Lipinski definition) is 3. The Morgan fingerprint density at radius 1 is 1.29 bits per heavy atom. The third-order valence-electron chi connectivity index (χ3n) is 1.41. The van der Waals surface area contributed by atoms with E-state index in [1.54, 1.807) is 6.08 Å². The van der Waals surface area contributed by atoms with Gasteiger partial charge in [-0.15, -0.1) is 6.58 Å². The van der Waals surface area contributed by atoms with Gasteiger partial charge in [-0.05, 0) is 19.3 Å². The second-order valence-electron chi connectivity index (χ2n) is 2.62. The van der Waals surface area contributed by atoms with E-state index in [-0.39, 0.29) is 0 Å². The number of carbonyl (C=O) groups excluding carboxylic acids is 1. The third-order valence-corrected chi connectivity index (χ3v) is 1.41. The van der Waals surface area contributed by atoms with Gasteiger partial charge in [0.1, 0.15) is 0 Å². The van der Waals surface area contributed by atoms with Crippen molar-refractivity contribution in [2.24, 2.45) is 0 Å². The molecule has 4 nitrogen and oxygen atoms in total. The number of esters is 1. The van der Waals surface area contributed by atoms with Gasteiger partial charge in [0.05, 0.1) is 6.61 Å². The first-order valence-electron chi connectivity index (χ1n) is 4.35. The molecule has 0 fully saturated rings. The maximum Gasteiger partial charge on any atom is 0.331 e. The van der Waals surface area contributed by atoms with Gasteiger partial charge < -0.3 is 9.84 Å². The van der Waals surface area contributed by atoms with Crippen molar-refractivity contribution in [3.63, 3.8) is 0 Å². The Morgan fingerprint density at radius 2 is 2.00 bits per heavy atom. The summed E-state index contributed by atoms with van der Waals surface area (Å²) in [6, 6.07) is 0. The summed E-state index contributed by atoms with van der Waals surface area (Å²) in [5, 5.41) is 8.20. The van der Waals surface area contributed by atoms with Crippen LogP contribution >= 0.6 is 0 Å². The fourth-order valence-electron chi connectivity index (χ4n) is 0.751. The zero-order valence-electron chi connectivity index (χ0n) is 7.94. The number of allylic oxidation sites excluding steroid dienone is 1. The van der Waals surface area contributed by atoms with E-state index < -0.39 is 11.9 Å². The molecule has 0 rings (SSSR count). The summed E-state index contributed by atoms with van der Waals surface area (Å²) in [5.41, 5.74) is 0. The molecule has 78 valence electrons. The Bertz CT molecular complexity index is 230. The number of rotatable bonds is 7. The highest BCUT2D eigenvalue weighted by Gasteiger charge is 1.97. The van der Waals surface area contributed by atoms with E-state index in [2.05, 4.69) is 6.58 Å². The lowest BCUT2D eigenvalue weighted by atomic mass is 10.2. The van der Waals surface area contributed by atoms with Crippen molar-refractivity contribution in [3.8, 4) is 0 Å². The van der Waals surface area contributed by atoms with Crippen LogP contribution in [0.3, 0.4) is 0 Å². The van der Waals surface area contributed by atoms with Crippen LogP contribution in [0.1, 0.15) is 19.3 Å². The molecule has 0 aromatic rings. The summed E-state index contributed by atoms with van der Waals surface area (Å²) in [6.07, 6.45) is 6.02. The van der Waals surface area contributed by atoms with E-state index in [9.17, 15) is 9.59 Å². The topological polar surface area (TPSA) is 63.6 Å². The van der Waals surface area contributed by atoms with Crippen LogP contribution < -0.4 is 0 Å². The Balaban J connectivity index is 3.44. The summed E-state index contributed by atoms with van der Waals surface area (Å²) in [7, 11) is 0. The molecule has 0 unspecified atom stereocenters. The van der Waals surface area contributed by atoms with E-state index in [0.29, 0.717) is 6.61 Å². The molecule has 0 radical (unpaired) electrons.